The lowest BCUT2D eigenvalue weighted by molar-refractivity contribution is -0.0870. The van der Waals surface area contributed by atoms with Crippen LogP contribution >= 0.6 is 0 Å². The van der Waals surface area contributed by atoms with Gasteiger partial charge in [-0.05, 0) is 39.5 Å². The van der Waals surface area contributed by atoms with E-state index in [2.05, 4.69) is 13.8 Å². The Morgan fingerprint density at radius 1 is 0.824 bits per heavy atom. The van der Waals surface area contributed by atoms with Gasteiger partial charge in [0.1, 0.15) is 0 Å². The number of ether oxygens (including phenoxy) is 3. The van der Waals surface area contributed by atoms with E-state index in [9.17, 15) is 0 Å². The summed E-state index contributed by atoms with van der Waals surface area (Å²) < 4.78 is 16.7. The summed E-state index contributed by atoms with van der Waals surface area (Å²) in [6, 6.07) is 0. The minimum Gasteiger partial charge on any atom is -0.381 e. The van der Waals surface area contributed by atoms with E-state index < -0.39 is 0 Å². The van der Waals surface area contributed by atoms with Gasteiger partial charge in [-0.25, -0.2) is 0 Å². The Bertz CT molecular complexity index is 171. The Balaban J connectivity index is 2.06. The molecule has 2 radical (unpaired) electrons. The average molecular weight is 242 g/mol. The SMILES string of the molecule is [CH2]COCCCCOC1CCCCC1OC[CH2]. The molecular weight excluding hydrogens is 216 g/mol. The number of hydrogen-bond acceptors (Lipinski definition) is 3. The fourth-order valence-corrected chi connectivity index (χ4v) is 2.24. The second kappa shape index (κ2) is 9.86. The van der Waals surface area contributed by atoms with Crippen molar-refractivity contribution >= 4 is 0 Å². The highest BCUT2D eigenvalue weighted by atomic mass is 16.5. The predicted molar refractivity (Wildman–Crippen MR) is 68.7 cm³/mol. The van der Waals surface area contributed by atoms with Gasteiger partial charge in [-0.3, -0.25) is 0 Å². The molecule has 1 saturated carbocycles. The molecule has 3 nitrogen and oxygen atoms in total. The van der Waals surface area contributed by atoms with Crippen LogP contribution in [0, 0.1) is 13.8 Å². The lowest BCUT2D eigenvalue weighted by atomic mass is 9.94. The third-order valence-corrected chi connectivity index (χ3v) is 3.13. The van der Waals surface area contributed by atoms with E-state index in [1.165, 1.54) is 12.8 Å². The molecule has 1 aliphatic rings. The average Bonchev–Trinajstić information content (AvgIpc) is 2.36. The molecule has 17 heavy (non-hydrogen) atoms. The van der Waals surface area contributed by atoms with Gasteiger partial charge >= 0.3 is 0 Å². The quantitative estimate of drug-likeness (QED) is 0.582. The molecule has 0 heterocycles. The summed E-state index contributed by atoms with van der Waals surface area (Å²) in [5.41, 5.74) is 0. The molecule has 0 saturated heterocycles. The van der Waals surface area contributed by atoms with Crippen LogP contribution in [-0.2, 0) is 14.2 Å². The smallest absolute Gasteiger partial charge is 0.0836 e. The highest BCUT2D eigenvalue weighted by Crippen LogP contribution is 2.23. The van der Waals surface area contributed by atoms with E-state index in [0.717, 1.165) is 38.9 Å². The summed E-state index contributed by atoms with van der Waals surface area (Å²) in [5, 5.41) is 0. The first-order valence-corrected chi connectivity index (χ1v) is 6.78. The zero-order valence-corrected chi connectivity index (χ0v) is 10.9. The van der Waals surface area contributed by atoms with Crippen molar-refractivity contribution in [2.24, 2.45) is 0 Å². The van der Waals surface area contributed by atoms with Crippen LogP contribution in [0.25, 0.3) is 0 Å². The van der Waals surface area contributed by atoms with E-state index in [4.69, 9.17) is 14.2 Å². The Kier molecular flexibility index (Phi) is 8.67. The fraction of sp³-hybridized carbons (Fsp3) is 0.857. The van der Waals surface area contributed by atoms with Crippen molar-refractivity contribution in [2.45, 2.75) is 50.7 Å². The normalized spacial score (nSPS) is 25.1. The van der Waals surface area contributed by atoms with Crippen LogP contribution in [0.2, 0.25) is 0 Å². The van der Waals surface area contributed by atoms with Crippen LogP contribution in [0.1, 0.15) is 38.5 Å². The maximum atomic E-state index is 5.90. The molecule has 100 valence electrons. The van der Waals surface area contributed by atoms with Crippen LogP contribution in [0.3, 0.4) is 0 Å². The Hall–Kier alpha value is -0.120. The molecule has 0 spiro atoms. The zero-order chi connectivity index (χ0) is 12.3. The highest BCUT2D eigenvalue weighted by Gasteiger charge is 2.25. The topological polar surface area (TPSA) is 27.7 Å². The minimum atomic E-state index is 0.261. The molecule has 3 heteroatoms. The van der Waals surface area contributed by atoms with Gasteiger partial charge in [-0.15, -0.1) is 0 Å². The summed E-state index contributed by atoms with van der Waals surface area (Å²) in [4.78, 5) is 0. The monoisotopic (exact) mass is 242 g/mol. The Morgan fingerprint density at radius 2 is 1.47 bits per heavy atom. The van der Waals surface area contributed by atoms with Crippen molar-refractivity contribution in [3.8, 4) is 0 Å². The van der Waals surface area contributed by atoms with E-state index in [0.29, 0.717) is 13.2 Å². The molecular formula is C14H26O3. The van der Waals surface area contributed by atoms with E-state index >= 15 is 0 Å². The summed E-state index contributed by atoms with van der Waals surface area (Å²) in [6.07, 6.45) is 7.38. The lowest BCUT2D eigenvalue weighted by Gasteiger charge is -2.31. The van der Waals surface area contributed by atoms with Gasteiger partial charge in [0.2, 0.25) is 0 Å². The van der Waals surface area contributed by atoms with Crippen molar-refractivity contribution in [1.29, 1.82) is 0 Å². The van der Waals surface area contributed by atoms with Crippen molar-refractivity contribution < 1.29 is 14.2 Å². The minimum absolute atomic E-state index is 0.261. The molecule has 2 unspecified atom stereocenters. The maximum Gasteiger partial charge on any atom is 0.0836 e. The van der Waals surface area contributed by atoms with Gasteiger partial charge in [-0.1, -0.05) is 12.8 Å². The number of unbranched alkanes of at least 4 members (excludes halogenated alkanes) is 1. The molecule has 1 rings (SSSR count). The molecule has 2 atom stereocenters. The highest BCUT2D eigenvalue weighted by molar-refractivity contribution is 4.76. The molecule has 1 fully saturated rings. The number of hydrogen-bond donors (Lipinski definition) is 0. The van der Waals surface area contributed by atoms with Gasteiger partial charge < -0.3 is 14.2 Å². The van der Waals surface area contributed by atoms with Gasteiger partial charge in [0.05, 0.1) is 12.2 Å². The van der Waals surface area contributed by atoms with Crippen LogP contribution in [-0.4, -0.2) is 38.6 Å². The van der Waals surface area contributed by atoms with E-state index in [1.807, 2.05) is 0 Å². The molecule has 0 aromatic heterocycles. The molecule has 0 aliphatic heterocycles. The Labute approximate surface area is 106 Å². The Morgan fingerprint density at radius 3 is 2.12 bits per heavy atom. The van der Waals surface area contributed by atoms with Crippen LogP contribution < -0.4 is 0 Å². The molecule has 0 N–H and O–H groups in total. The maximum absolute atomic E-state index is 5.90. The largest absolute Gasteiger partial charge is 0.381 e. The fourth-order valence-electron chi connectivity index (χ4n) is 2.24. The van der Waals surface area contributed by atoms with Crippen LogP contribution in [0.5, 0.6) is 0 Å². The standard InChI is InChI=1S/C14H26O3/c1-3-15-11-7-8-12-17-14-10-6-5-9-13(14)16-4-2/h13-14H,1-12H2. The summed E-state index contributed by atoms with van der Waals surface area (Å²) in [7, 11) is 0. The first-order valence-electron chi connectivity index (χ1n) is 6.78. The van der Waals surface area contributed by atoms with Gasteiger partial charge in [0, 0.05) is 26.4 Å². The third-order valence-electron chi connectivity index (χ3n) is 3.13. The first kappa shape index (κ1) is 14.9. The van der Waals surface area contributed by atoms with Crippen molar-refractivity contribution in [3.63, 3.8) is 0 Å². The molecule has 0 aromatic carbocycles. The first-order chi connectivity index (χ1) is 8.38. The van der Waals surface area contributed by atoms with Gasteiger partial charge in [-0.2, -0.15) is 0 Å². The second-order valence-electron chi connectivity index (χ2n) is 4.42. The van der Waals surface area contributed by atoms with E-state index in [-0.39, 0.29) is 12.2 Å². The lowest BCUT2D eigenvalue weighted by Crippen LogP contribution is -2.35. The van der Waals surface area contributed by atoms with Gasteiger partial charge in [0.15, 0.2) is 0 Å². The molecule has 0 bridgehead atoms. The van der Waals surface area contributed by atoms with Crippen molar-refractivity contribution in [1.82, 2.24) is 0 Å². The number of rotatable bonds is 9. The summed E-state index contributed by atoms with van der Waals surface area (Å²) in [5.74, 6) is 0. The third kappa shape index (κ3) is 6.39. The van der Waals surface area contributed by atoms with E-state index in [1.54, 1.807) is 0 Å². The predicted octanol–water partition coefficient (Wildman–Crippen LogP) is 2.80. The zero-order valence-electron chi connectivity index (χ0n) is 10.9. The second-order valence-corrected chi connectivity index (χ2v) is 4.42. The van der Waals surface area contributed by atoms with Crippen molar-refractivity contribution in [2.75, 3.05) is 26.4 Å². The molecule has 0 amide bonds. The molecule has 1 aliphatic carbocycles. The van der Waals surface area contributed by atoms with Crippen molar-refractivity contribution in [3.05, 3.63) is 13.8 Å². The van der Waals surface area contributed by atoms with Crippen LogP contribution in [0.15, 0.2) is 0 Å². The summed E-state index contributed by atoms with van der Waals surface area (Å²) in [6.45, 7) is 10.1. The molecule has 0 aromatic rings. The van der Waals surface area contributed by atoms with Crippen LogP contribution in [0.4, 0.5) is 0 Å². The van der Waals surface area contributed by atoms with Gasteiger partial charge in [0.25, 0.3) is 0 Å². The summed E-state index contributed by atoms with van der Waals surface area (Å²) >= 11 is 0.